The first-order valence-corrected chi connectivity index (χ1v) is 3.31. The Bertz CT molecular complexity index is 136. The smallest absolute Gasteiger partial charge is 0.129 e. The summed E-state index contributed by atoms with van der Waals surface area (Å²) in [7, 11) is 0. The van der Waals surface area contributed by atoms with Gasteiger partial charge < -0.3 is 5.11 Å². The minimum Gasteiger partial charge on any atom is -0.507 e. The van der Waals surface area contributed by atoms with Gasteiger partial charge in [-0.25, -0.2) is 0 Å². The van der Waals surface area contributed by atoms with Gasteiger partial charge in [0.05, 0.1) is 5.03 Å². The quantitative estimate of drug-likeness (QED) is 0.469. The molecule has 0 aliphatic rings. The summed E-state index contributed by atoms with van der Waals surface area (Å²) >= 11 is 5.57. The van der Waals surface area contributed by atoms with Gasteiger partial charge in [0.1, 0.15) is 5.76 Å². The molecule has 0 rings (SSSR count). The molecule has 0 unspecified atom stereocenters. The molecule has 0 saturated carbocycles. The Morgan fingerprint density at radius 1 is 1.67 bits per heavy atom. The molecule has 52 valence electrons. The third kappa shape index (κ3) is 3.20. The van der Waals surface area contributed by atoms with Gasteiger partial charge in [-0.1, -0.05) is 24.6 Å². The van der Waals surface area contributed by atoms with E-state index in [0.717, 1.165) is 6.42 Å². The highest BCUT2D eigenvalue weighted by Gasteiger charge is 1.93. The van der Waals surface area contributed by atoms with Crippen LogP contribution in [0.15, 0.2) is 22.9 Å². The van der Waals surface area contributed by atoms with Gasteiger partial charge in [-0.2, -0.15) is 0 Å². The molecular formula is C7H11ClO. The zero-order valence-corrected chi connectivity index (χ0v) is 6.44. The van der Waals surface area contributed by atoms with E-state index in [0.29, 0.717) is 5.03 Å². The monoisotopic (exact) mass is 146 g/mol. The van der Waals surface area contributed by atoms with Gasteiger partial charge in [0, 0.05) is 0 Å². The van der Waals surface area contributed by atoms with Crippen molar-refractivity contribution in [2.45, 2.75) is 20.3 Å². The summed E-state index contributed by atoms with van der Waals surface area (Å²) in [6.45, 7) is 3.70. The summed E-state index contributed by atoms with van der Waals surface area (Å²) in [6, 6.07) is 0. The summed E-state index contributed by atoms with van der Waals surface area (Å²) in [5.74, 6) is 0.151. The number of hydrogen-bond acceptors (Lipinski definition) is 1. The van der Waals surface area contributed by atoms with Crippen molar-refractivity contribution in [3.63, 3.8) is 0 Å². The standard InChI is InChI=1S/C7H11ClO/c1-3-5-6(8)7(9)4-2/h4-5,9H,3H2,1-2H3/b6-5+,7-4+. The number of hydrogen-bond donors (Lipinski definition) is 1. The van der Waals surface area contributed by atoms with Gasteiger partial charge in [0.2, 0.25) is 0 Å². The maximum absolute atomic E-state index is 8.92. The van der Waals surface area contributed by atoms with Crippen molar-refractivity contribution in [3.8, 4) is 0 Å². The lowest BCUT2D eigenvalue weighted by molar-refractivity contribution is 0.428. The van der Waals surface area contributed by atoms with Crippen LogP contribution in [0.2, 0.25) is 0 Å². The van der Waals surface area contributed by atoms with Crippen LogP contribution < -0.4 is 0 Å². The van der Waals surface area contributed by atoms with Gasteiger partial charge in [-0.15, -0.1) is 0 Å². The van der Waals surface area contributed by atoms with Gasteiger partial charge >= 0.3 is 0 Å². The first-order valence-electron chi connectivity index (χ1n) is 2.93. The molecule has 0 aromatic heterocycles. The fourth-order valence-corrected chi connectivity index (χ4v) is 0.685. The fourth-order valence-electron chi connectivity index (χ4n) is 0.422. The van der Waals surface area contributed by atoms with E-state index in [1.54, 1.807) is 19.1 Å². The molecule has 0 aromatic rings. The molecule has 1 N–H and O–H groups in total. The number of aliphatic hydroxyl groups is 1. The predicted molar refractivity (Wildman–Crippen MR) is 40.6 cm³/mol. The van der Waals surface area contributed by atoms with Crippen LogP contribution in [0.4, 0.5) is 0 Å². The lowest BCUT2D eigenvalue weighted by Gasteiger charge is -1.93. The Kier molecular flexibility index (Phi) is 4.24. The molecule has 0 aliphatic heterocycles. The average Bonchev–Trinajstić information content (AvgIpc) is 1.87. The molecular weight excluding hydrogens is 136 g/mol. The third-order valence-corrected chi connectivity index (χ3v) is 1.25. The molecule has 0 fully saturated rings. The van der Waals surface area contributed by atoms with Crippen LogP contribution in [-0.2, 0) is 0 Å². The van der Waals surface area contributed by atoms with Crippen LogP contribution >= 0.6 is 11.6 Å². The van der Waals surface area contributed by atoms with Crippen molar-refractivity contribution < 1.29 is 5.11 Å². The molecule has 0 aromatic carbocycles. The highest BCUT2D eigenvalue weighted by atomic mass is 35.5. The summed E-state index contributed by atoms with van der Waals surface area (Å²) in [4.78, 5) is 0. The van der Waals surface area contributed by atoms with E-state index in [1.165, 1.54) is 0 Å². The van der Waals surface area contributed by atoms with E-state index in [2.05, 4.69) is 0 Å². The fraction of sp³-hybridized carbons (Fsp3) is 0.429. The summed E-state index contributed by atoms with van der Waals surface area (Å²) in [6.07, 6.45) is 4.17. The predicted octanol–water partition coefficient (Wildman–Crippen LogP) is 2.98. The van der Waals surface area contributed by atoms with Crippen molar-refractivity contribution >= 4 is 11.6 Å². The topological polar surface area (TPSA) is 20.2 Å². The molecule has 0 heterocycles. The van der Waals surface area contributed by atoms with Crippen LogP contribution in [-0.4, -0.2) is 5.11 Å². The number of halogens is 1. The van der Waals surface area contributed by atoms with E-state index >= 15 is 0 Å². The molecule has 0 amide bonds. The van der Waals surface area contributed by atoms with E-state index < -0.39 is 0 Å². The zero-order chi connectivity index (χ0) is 7.28. The van der Waals surface area contributed by atoms with Gasteiger partial charge in [0.15, 0.2) is 0 Å². The first kappa shape index (κ1) is 8.57. The zero-order valence-electron chi connectivity index (χ0n) is 5.69. The van der Waals surface area contributed by atoms with Gasteiger partial charge in [-0.3, -0.25) is 0 Å². The SMILES string of the molecule is C/C=C(O)\C(Cl)=C/CC. The summed E-state index contributed by atoms with van der Waals surface area (Å²) < 4.78 is 0. The normalized spacial score (nSPS) is 14.1. The average molecular weight is 147 g/mol. The van der Waals surface area contributed by atoms with Crippen LogP contribution in [0.25, 0.3) is 0 Å². The van der Waals surface area contributed by atoms with Gasteiger partial charge in [-0.05, 0) is 19.4 Å². The maximum Gasteiger partial charge on any atom is 0.129 e. The molecule has 0 radical (unpaired) electrons. The minimum atomic E-state index is 0.151. The highest BCUT2D eigenvalue weighted by molar-refractivity contribution is 6.31. The van der Waals surface area contributed by atoms with E-state index in [4.69, 9.17) is 16.7 Å². The van der Waals surface area contributed by atoms with Crippen molar-refractivity contribution in [2.75, 3.05) is 0 Å². The van der Waals surface area contributed by atoms with Crippen molar-refractivity contribution in [1.82, 2.24) is 0 Å². The van der Waals surface area contributed by atoms with E-state index in [9.17, 15) is 0 Å². The van der Waals surface area contributed by atoms with Gasteiger partial charge in [0.25, 0.3) is 0 Å². The molecule has 2 heteroatoms. The summed E-state index contributed by atoms with van der Waals surface area (Å²) in [5.41, 5.74) is 0. The third-order valence-electron chi connectivity index (χ3n) is 0.901. The Labute approximate surface area is 60.6 Å². The van der Waals surface area contributed by atoms with Crippen molar-refractivity contribution in [2.24, 2.45) is 0 Å². The van der Waals surface area contributed by atoms with Crippen LogP contribution in [0.3, 0.4) is 0 Å². The number of rotatable bonds is 2. The molecule has 0 spiro atoms. The summed E-state index contributed by atoms with van der Waals surface area (Å²) in [5, 5.41) is 9.35. The second-order valence-corrected chi connectivity index (χ2v) is 2.04. The first-order chi connectivity index (χ1) is 4.22. The Morgan fingerprint density at radius 3 is 2.56 bits per heavy atom. The largest absolute Gasteiger partial charge is 0.507 e. The highest BCUT2D eigenvalue weighted by Crippen LogP contribution is 2.11. The lowest BCUT2D eigenvalue weighted by atomic mass is 10.3. The minimum absolute atomic E-state index is 0.151. The second-order valence-electron chi connectivity index (χ2n) is 1.63. The molecule has 0 atom stereocenters. The van der Waals surface area contributed by atoms with Crippen LogP contribution in [0.5, 0.6) is 0 Å². The van der Waals surface area contributed by atoms with Crippen molar-refractivity contribution in [1.29, 1.82) is 0 Å². The molecule has 0 aliphatic carbocycles. The second kappa shape index (κ2) is 4.45. The number of aliphatic hydroxyl groups excluding tert-OH is 1. The number of allylic oxidation sites excluding steroid dienone is 3. The lowest BCUT2D eigenvalue weighted by Crippen LogP contribution is -1.77. The maximum atomic E-state index is 8.92. The molecule has 0 bridgehead atoms. The van der Waals surface area contributed by atoms with Crippen LogP contribution in [0, 0.1) is 0 Å². The Balaban J connectivity index is 4.03. The molecule has 1 nitrogen and oxygen atoms in total. The van der Waals surface area contributed by atoms with E-state index in [-0.39, 0.29) is 5.76 Å². The Morgan fingerprint density at radius 2 is 2.22 bits per heavy atom. The van der Waals surface area contributed by atoms with Crippen molar-refractivity contribution in [3.05, 3.63) is 22.9 Å². The molecule has 9 heavy (non-hydrogen) atoms. The Hall–Kier alpha value is -0.430. The van der Waals surface area contributed by atoms with Crippen LogP contribution in [0.1, 0.15) is 20.3 Å². The van der Waals surface area contributed by atoms with E-state index in [1.807, 2.05) is 6.92 Å². The molecule has 0 saturated heterocycles.